The molecule has 154 valence electrons. The Morgan fingerprint density at radius 3 is 2.34 bits per heavy atom. The van der Waals surface area contributed by atoms with Gasteiger partial charge in [-0.05, 0) is 42.6 Å². The summed E-state index contributed by atoms with van der Waals surface area (Å²) in [6, 6.07) is 11.1. The van der Waals surface area contributed by atoms with E-state index in [1.54, 1.807) is 24.3 Å². The van der Waals surface area contributed by atoms with Crippen LogP contribution >= 0.6 is 22.7 Å². The molecule has 1 aromatic carbocycles. The molecule has 12 heteroatoms. The van der Waals surface area contributed by atoms with E-state index in [9.17, 15) is 21.6 Å². The fourth-order valence-corrected chi connectivity index (χ4v) is 6.48. The van der Waals surface area contributed by atoms with Gasteiger partial charge in [0, 0.05) is 10.6 Å². The molecule has 0 radical (unpaired) electrons. The van der Waals surface area contributed by atoms with Crippen LogP contribution in [-0.2, 0) is 26.6 Å². The predicted molar refractivity (Wildman–Crippen MR) is 113 cm³/mol. The molecule has 2 aromatic heterocycles. The molecular formula is C17H17N3O5S4. The summed E-state index contributed by atoms with van der Waals surface area (Å²) in [5.74, 6) is -0.574. The fourth-order valence-electron chi connectivity index (χ4n) is 2.36. The summed E-state index contributed by atoms with van der Waals surface area (Å²) < 4.78 is 50.5. The average molecular weight is 472 g/mol. The van der Waals surface area contributed by atoms with Gasteiger partial charge in [-0.25, -0.2) is 22.0 Å². The molecule has 0 spiro atoms. The molecule has 0 aliphatic heterocycles. The molecule has 0 unspecified atom stereocenters. The lowest BCUT2D eigenvalue weighted by Crippen LogP contribution is -2.24. The maximum Gasteiger partial charge on any atom is 0.263 e. The molecule has 3 aromatic rings. The summed E-state index contributed by atoms with van der Waals surface area (Å²) >= 11 is 1.94. The Labute approximate surface area is 176 Å². The molecule has 0 aliphatic carbocycles. The number of benzene rings is 1. The normalized spacial score (nSPS) is 11.9. The molecule has 8 nitrogen and oxygen atoms in total. The Bertz CT molecular complexity index is 1240. The van der Waals surface area contributed by atoms with Gasteiger partial charge in [-0.3, -0.25) is 9.52 Å². The lowest BCUT2D eigenvalue weighted by molar-refractivity contribution is 0.0952. The highest BCUT2D eigenvalue weighted by atomic mass is 32.2. The van der Waals surface area contributed by atoms with E-state index in [1.807, 2.05) is 6.92 Å². The van der Waals surface area contributed by atoms with Crippen molar-refractivity contribution in [2.45, 2.75) is 22.6 Å². The number of thiophene rings is 2. The molecule has 2 heterocycles. The standard InChI is InChI=1S/C17H17N3O5S4/c1-11-2-4-12(5-3-11)20-29(24,25)14-8-9-26-16(14)17(21)19-10-13-6-7-15(27-13)28(18,22)23/h2-9,20H,10H2,1H3,(H,19,21)(H2,18,22,23). The van der Waals surface area contributed by atoms with E-state index in [0.29, 0.717) is 10.6 Å². The molecule has 0 bridgehead atoms. The monoisotopic (exact) mass is 471 g/mol. The molecule has 0 fully saturated rings. The van der Waals surface area contributed by atoms with Crippen molar-refractivity contribution >= 4 is 54.3 Å². The maximum atomic E-state index is 12.7. The van der Waals surface area contributed by atoms with E-state index >= 15 is 0 Å². The molecule has 1 amide bonds. The zero-order valence-electron chi connectivity index (χ0n) is 15.1. The van der Waals surface area contributed by atoms with E-state index in [-0.39, 0.29) is 20.5 Å². The van der Waals surface area contributed by atoms with Crippen LogP contribution in [0, 0.1) is 6.92 Å². The summed E-state index contributed by atoms with van der Waals surface area (Å²) in [7, 11) is -7.75. The topological polar surface area (TPSA) is 135 Å². The first-order valence-electron chi connectivity index (χ1n) is 8.13. The largest absolute Gasteiger partial charge is 0.346 e. The highest BCUT2D eigenvalue weighted by Crippen LogP contribution is 2.25. The minimum Gasteiger partial charge on any atom is -0.346 e. The van der Waals surface area contributed by atoms with Gasteiger partial charge in [0.1, 0.15) is 14.0 Å². The van der Waals surface area contributed by atoms with Crippen molar-refractivity contribution in [3.63, 3.8) is 0 Å². The van der Waals surface area contributed by atoms with Crippen LogP contribution in [0.5, 0.6) is 0 Å². The number of carbonyl (C=O) groups excluding carboxylic acids is 1. The van der Waals surface area contributed by atoms with Gasteiger partial charge >= 0.3 is 0 Å². The van der Waals surface area contributed by atoms with Crippen molar-refractivity contribution in [3.8, 4) is 0 Å². The third kappa shape index (κ3) is 5.22. The van der Waals surface area contributed by atoms with Gasteiger partial charge in [-0.15, -0.1) is 22.7 Å². The SMILES string of the molecule is Cc1ccc(NS(=O)(=O)c2ccsc2C(=O)NCc2ccc(S(N)(=O)=O)s2)cc1. The van der Waals surface area contributed by atoms with Crippen molar-refractivity contribution in [1.82, 2.24) is 5.32 Å². The van der Waals surface area contributed by atoms with Gasteiger partial charge in [-0.2, -0.15) is 0 Å². The average Bonchev–Trinajstić information content (AvgIpc) is 3.31. The number of hydrogen-bond donors (Lipinski definition) is 3. The van der Waals surface area contributed by atoms with E-state index in [2.05, 4.69) is 10.0 Å². The van der Waals surface area contributed by atoms with Crippen LogP contribution < -0.4 is 15.2 Å². The molecule has 4 N–H and O–H groups in total. The first-order chi connectivity index (χ1) is 13.6. The van der Waals surface area contributed by atoms with Crippen LogP contribution in [-0.4, -0.2) is 22.7 Å². The number of nitrogens with two attached hydrogens (primary N) is 1. The molecule has 0 aliphatic rings. The van der Waals surface area contributed by atoms with Gasteiger partial charge in [0.25, 0.3) is 15.9 Å². The van der Waals surface area contributed by atoms with Crippen LogP contribution in [0.15, 0.2) is 56.9 Å². The summed E-state index contributed by atoms with van der Waals surface area (Å²) in [4.78, 5) is 13.0. The molecule has 0 saturated carbocycles. The number of rotatable bonds is 7. The second-order valence-corrected chi connectivity index (χ2v) is 11.6. The van der Waals surface area contributed by atoms with Gasteiger partial charge in [0.05, 0.1) is 6.54 Å². The summed E-state index contributed by atoms with van der Waals surface area (Å²) in [6.07, 6.45) is 0. The summed E-state index contributed by atoms with van der Waals surface area (Å²) in [6.45, 7) is 1.93. The first kappa shape index (κ1) is 21.5. The van der Waals surface area contributed by atoms with E-state index < -0.39 is 26.0 Å². The zero-order valence-corrected chi connectivity index (χ0v) is 18.3. The Balaban J connectivity index is 1.74. The number of carbonyl (C=O) groups is 1. The third-order valence-electron chi connectivity index (χ3n) is 3.77. The Hall–Kier alpha value is -2.25. The Kier molecular flexibility index (Phi) is 6.10. The molecule has 29 heavy (non-hydrogen) atoms. The minimum absolute atomic E-state index is 0.0107. The number of primary sulfonamides is 1. The van der Waals surface area contributed by atoms with Gasteiger partial charge in [0.15, 0.2) is 0 Å². The number of nitrogens with one attached hydrogen (secondary N) is 2. The highest BCUT2D eigenvalue weighted by molar-refractivity contribution is 7.93. The predicted octanol–water partition coefficient (Wildman–Crippen LogP) is 2.50. The maximum absolute atomic E-state index is 12.7. The molecular weight excluding hydrogens is 454 g/mol. The van der Waals surface area contributed by atoms with Crippen molar-refractivity contribution in [1.29, 1.82) is 0 Å². The molecule has 0 saturated heterocycles. The molecule has 3 rings (SSSR count). The third-order valence-corrected chi connectivity index (χ3v) is 8.76. The summed E-state index contributed by atoms with van der Waals surface area (Å²) in [5.41, 5.74) is 1.38. The van der Waals surface area contributed by atoms with Crippen LogP contribution in [0.2, 0.25) is 0 Å². The highest BCUT2D eigenvalue weighted by Gasteiger charge is 2.24. The number of anilines is 1. The first-order valence-corrected chi connectivity index (χ1v) is 12.9. The van der Waals surface area contributed by atoms with E-state index in [1.165, 1.54) is 23.6 Å². The number of hydrogen-bond acceptors (Lipinski definition) is 7. The number of sulfonamides is 2. The van der Waals surface area contributed by atoms with Crippen molar-refractivity contribution in [3.05, 3.63) is 63.2 Å². The quantitative estimate of drug-likeness (QED) is 0.486. The van der Waals surface area contributed by atoms with Crippen LogP contribution in [0.1, 0.15) is 20.1 Å². The van der Waals surface area contributed by atoms with Crippen molar-refractivity contribution in [2.75, 3.05) is 4.72 Å². The van der Waals surface area contributed by atoms with Gasteiger partial charge < -0.3 is 5.32 Å². The van der Waals surface area contributed by atoms with Crippen molar-refractivity contribution < 1.29 is 21.6 Å². The zero-order chi connectivity index (χ0) is 21.2. The summed E-state index contributed by atoms with van der Waals surface area (Å²) in [5, 5.41) is 9.19. The van der Waals surface area contributed by atoms with Crippen molar-refractivity contribution in [2.24, 2.45) is 5.14 Å². The number of aryl methyl sites for hydroxylation is 1. The second-order valence-electron chi connectivity index (χ2n) is 6.03. The fraction of sp³-hybridized carbons (Fsp3) is 0.118. The molecule has 0 atom stereocenters. The lowest BCUT2D eigenvalue weighted by Gasteiger charge is -2.09. The van der Waals surface area contributed by atoms with E-state index in [4.69, 9.17) is 5.14 Å². The Morgan fingerprint density at radius 1 is 1.03 bits per heavy atom. The number of amides is 1. The minimum atomic E-state index is -3.95. The smallest absolute Gasteiger partial charge is 0.263 e. The Morgan fingerprint density at radius 2 is 1.72 bits per heavy atom. The second kappa shape index (κ2) is 8.24. The van der Waals surface area contributed by atoms with Crippen LogP contribution in [0.4, 0.5) is 5.69 Å². The van der Waals surface area contributed by atoms with Gasteiger partial charge in [0.2, 0.25) is 10.0 Å². The van der Waals surface area contributed by atoms with E-state index in [0.717, 1.165) is 28.2 Å². The van der Waals surface area contributed by atoms with Crippen LogP contribution in [0.3, 0.4) is 0 Å². The lowest BCUT2D eigenvalue weighted by atomic mass is 10.2. The van der Waals surface area contributed by atoms with Gasteiger partial charge in [-0.1, -0.05) is 17.7 Å². The van der Waals surface area contributed by atoms with Crippen LogP contribution in [0.25, 0.3) is 0 Å².